The lowest BCUT2D eigenvalue weighted by molar-refractivity contribution is -0.143. The topological polar surface area (TPSA) is 73.9 Å². The molecule has 1 aliphatic rings. The first kappa shape index (κ1) is 19.4. The fraction of sp³-hybridized carbons (Fsp3) is 0.176. The Morgan fingerprint density at radius 2 is 1.54 bits per heavy atom. The summed E-state index contributed by atoms with van der Waals surface area (Å²) >= 11 is 0. The van der Waals surface area contributed by atoms with E-state index < -0.39 is 59.7 Å². The van der Waals surface area contributed by atoms with Crippen molar-refractivity contribution in [2.75, 3.05) is 13.3 Å². The fourth-order valence-corrected chi connectivity index (χ4v) is 2.27. The summed E-state index contributed by atoms with van der Waals surface area (Å²) in [7, 11) is 0. The van der Waals surface area contributed by atoms with Gasteiger partial charge in [-0.2, -0.15) is 0 Å². The van der Waals surface area contributed by atoms with E-state index >= 15 is 0 Å². The van der Waals surface area contributed by atoms with Crippen molar-refractivity contribution < 1.29 is 45.8 Å². The first-order chi connectivity index (χ1) is 13.3. The molecule has 0 unspecified atom stereocenters. The van der Waals surface area contributed by atoms with E-state index in [1.54, 1.807) is 0 Å². The third-order valence-corrected chi connectivity index (χ3v) is 3.71. The Morgan fingerprint density at radius 3 is 2.21 bits per heavy atom. The van der Waals surface area contributed by atoms with E-state index in [0.29, 0.717) is 11.5 Å². The van der Waals surface area contributed by atoms with Gasteiger partial charge in [-0.25, -0.2) is 22.0 Å². The van der Waals surface area contributed by atoms with Crippen LogP contribution in [-0.2, 0) is 16.1 Å². The summed E-state index contributed by atoms with van der Waals surface area (Å²) in [4.78, 5) is 23.6. The van der Waals surface area contributed by atoms with Gasteiger partial charge in [0, 0.05) is 5.56 Å². The second kappa shape index (κ2) is 7.71. The Hall–Kier alpha value is -3.37. The normalized spacial score (nSPS) is 12.0. The lowest BCUT2D eigenvalue weighted by Crippen LogP contribution is -2.30. The number of nitrogens with one attached hydrogen (secondary N) is 1. The number of benzene rings is 2. The summed E-state index contributed by atoms with van der Waals surface area (Å²) in [6, 6.07) is 4.26. The second-order valence-electron chi connectivity index (χ2n) is 5.46. The lowest BCUT2D eigenvalue weighted by Gasteiger charge is -2.10. The van der Waals surface area contributed by atoms with E-state index in [2.05, 4.69) is 10.1 Å². The van der Waals surface area contributed by atoms with E-state index in [-0.39, 0.29) is 12.4 Å². The standard InChI is InChI=1S/C17H10F5NO5/c18-12-8(13(19)15(21)16(22)14(12)20)5-26-11(24)4-23-17(25)7-1-2-9-10(3-7)28-6-27-9/h1-3H,4-6H2,(H,23,25). The summed E-state index contributed by atoms with van der Waals surface area (Å²) in [5.41, 5.74) is -1.16. The molecular weight excluding hydrogens is 393 g/mol. The smallest absolute Gasteiger partial charge is 0.325 e. The minimum Gasteiger partial charge on any atom is -0.459 e. The van der Waals surface area contributed by atoms with Crippen molar-refractivity contribution in [3.05, 3.63) is 58.4 Å². The summed E-state index contributed by atoms with van der Waals surface area (Å²) in [5.74, 6) is -11.9. The van der Waals surface area contributed by atoms with Crippen molar-refractivity contribution >= 4 is 11.9 Å². The van der Waals surface area contributed by atoms with Crippen molar-refractivity contribution in [3.63, 3.8) is 0 Å². The van der Waals surface area contributed by atoms with Crippen LogP contribution in [0.2, 0.25) is 0 Å². The molecule has 0 atom stereocenters. The fourth-order valence-electron chi connectivity index (χ4n) is 2.27. The molecule has 0 aromatic heterocycles. The molecule has 11 heteroatoms. The zero-order chi connectivity index (χ0) is 20.4. The highest BCUT2D eigenvalue weighted by atomic mass is 19.2. The van der Waals surface area contributed by atoms with Gasteiger partial charge in [-0.3, -0.25) is 9.59 Å². The molecule has 0 saturated heterocycles. The first-order valence-corrected chi connectivity index (χ1v) is 7.63. The zero-order valence-corrected chi connectivity index (χ0v) is 13.8. The average Bonchev–Trinajstić information content (AvgIpc) is 3.16. The van der Waals surface area contributed by atoms with Crippen LogP contribution in [-0.4, -0.2) is 25.2 Å². The van der Waals surface area contributed by atoms with Gasteiger partial charge in [-0.15, -0.1) is 0 Å². The molecule has 28 heavy (non-hydrogen) atoms. The second-order valence-corrected chi connectivity index (χ2v) is 5.46. The molecule has 0 spiro atoms. The number of carbonyl (C=O) groups is 2. The summed E-state index contributed by atoms with van der Waals surface area (Å²) in [6.45, 7) is -1.91. The van der Waals surface area contributed by atoms with Crippen molar-refractivity contribution in [3.8, 4) is 11.5 Å². The number of hydrogen-bond donors (Lipinski definition) is 1. The maximum absolute atomic E-state index is 13.5. The summed E-state index contributed by atoms with van der Waals surface area (Å²) in [6.07, 6.45) is 0. The number of amides is 1. The van der Waals surface area contributed by atoms with E-state index in [0.717, 1.165) is 0 Å². The minimum absolute atomic E-state index is 0.00439. The Labute approximate surface area is 153 Å². The molecule has 1 aliphatic heterocycles. The predicted molar refractivity (Wildman–Crippen MR) is 80.9 cm³/mol. The van der Waals surface area contributed by atoms with E-state index in [1.807, 2.05) is 0 Å². The lowest BCUT2D eigenvalue weighted by atomic mass is 10.2. The quantitative estimate of drug-likeness (QED) is 0.360. The van der Waals surface area contributed by atoms with Crippen LogP contribution in [0.25, 0.3) is 0 Å². The van der Waals surface area contributed by atoms with E-state index in [4.69, 9.17) is 9.47 Å². The molecule has 148 valence electrons. The predicted octanol–water partition coefficient (Wildman–Crippen LogP) is 2.58. The number of halogens is 5. The number of hydrogen-bond acceptors (Lipinski definition) is 5. The third kappa shape index (κ3) is 3.68. The molecule has 3 rings (SSSR count). The number of carbonyl (C=O) groups excluding carboxylic acids is 2. The van der Waals surface area contributed by atoms with Crippen LogP contribution >= 0.6 is 0 Å². The molecule has 6 nitrogen and oxygen atoms in total. The molecule has 0 aliphatic carbocycles. The van der Waals surface area contributed by atoms with Gasteiger partial charge in [0.15, 0.2) is 34.8 Å². The molecule has 2 aromatic rings. The third-order valence-electron chi connectivity index (χ3n) is 3.71. The zero-order valence-electron chi connectivity index (χ0n) is 13.8. The minimum atomic E-state index is -2.32. The van der Waals surface area contributed by atoms with Gasteiger partial charge in [-0.1, -0.05) is 0 Å². The van der Waals surface area contributed by atoms with Crippen LogP contribution in [0, 0.1) is 29.1 Å². The van der Waals surface area contributed by atoms with Gasteiger partial charge < -0.3 is 19.5 Å². The van der Waals surface area contributed by atoms with Gasteiger partial charge in [0.25, 0.3) is 5.91 Å². The van der Waals surface area contributed by atoms with Gasteiger partial charge >= 0.3 is 5.97 Å². The van der Waals surface area contributed by atoms with Gasteiger partial charge in [0.2, 0.25) is 12.6 Å². The molecule has 1 heterocycles. The highest BCUT2D eigenvalue weighted by Crippen LogP contribution is 2.32. The Morgan fingerprint density at radius 1 is 0.929 bits per heavy atom. The maximum Gasteiger partial charge on any atom is 0.325 e. The largest absolute Gasteiger partial charge is 0.459 e. The van der Waals surface area contributed by atoms with Crippen LogP contribution in [0.1, 0.15) is 15.9 Å². The summed E-state index contributed by atoms with van der Waals surface area (Å²) in [5, 5.41) is 2.18. The Bertz CT molecular complexity index is 936. The number of fused-ring (bicyclic) bond motifs is 1. The monoisotopic (exact) mass is 403 g/mol. The Kier molecular flexibility index (Phi) is 5.34. The van der Waals surface area contributed by atoms with Gasteiger partial charge in [-0.05, 0) is 18.2 Å². The van der Waals surface area contributed by atoms with Crippen LogP contribution in [0.3, 0.4) is 0 Å². The SMILES string of the molecule is O=C(CNC(=O)c1ccc2c(c1)OCO2)OCc1c(F)c(F)c(F)c(F)c1F. The highest BCUT2D eigenvalue weighted by molar-refractivity contribution is 5.96. The molecule has 0 fully saturated rings. The van der Waals surface area contributed by atoms with Crippen molar-refractivity contribution in [1.29, 1.82) is 0 Å². The Balaban J connectivity index is 1.57. The van der Waals surface area contributed by atoms with Crippen LogP contribution in [0.15, 0.2) is 18.2 Å². The van der Waals surface area contributed by atoms with E-state index in [9.17, 15) is 31.5 Å². The number of esters is 1. The van der Waals surface area contributed by atoms with Crippen molar-refractivity contribution in [2.45, 2.75) is 6.61 Å². The molecule has 0 radical (unpaired) electrons. The van der Waals surface area contributed by atoms with Crippen molar-refractivity contribution in [1.82, 2.24) is 5.32 Å². The molecule has 0 saturated carbocycles. The average molecular weight is 403 g/mol. The van der Waals surface area contributed by atoms with Crippen LogP contribution in [0.4, 0.5) is 22.0 Å². The number of rotatable bonds is 5. The number of ether oxygens (including phenoxy) is 3. The molecule has 2 aromatic carbocycles. The molecular formula is C17H10F5NO5. The van der Waals surface area contributed by atoms with Crippen LogP contribution < -0.4 is 14.8 Å². The van der Waals surface area contributed by atoms with Crippen molar-refractivity contribution in [2.24, 2.45) is 0 Å². The van der Waals surface area contributed by atoms with Crippen LogP contribution in [0.5, 0.6) is 11.5 Å². The molecule has 1 amide bonds. The van der Waals surface area contributed by atoms with Gasteiger partial charge in [0.05, 0.1) is 5.56 Å². The molecule has 0 bridgehead atoms. The van der Waals surface area contributed by atoms with E-state index in [1.165, 1.54) is 18.2 Å². The first-order valence-electron chi connectivity index (χ1n) is 7.63. The van der Waals surface area contributed by atoms with Gasteiger partial charge in [0.1, 0.15) is 13.2 Å². The maximum atomic E-state index is 13.5. The highest BCUT2D eigenvalue weighted by Gasteiger charge is 2.26. The summed E-state index contributed by atoms with van der Waals surface area (Å²) < 4.78 is 80.8. The molecule has 1 N–H and O–H groups in total.